The highest BCUT2D eigenvalue weighted by Gasteiger charge is 2.12. The van der Waals surface area contributed by atoms with Crippen LogP contribution in [0.5, 0.6) is 0 Å². The van der Waals surface area contributed by atoms with Crippen LogP contribution in [-0.2, 0) is 4.74 Å². The van der Waals surface area contributed by atoms with Gasteiger partial charge in [-0.3, -0.25) is 0 Å². The molecule has 2 rings (SSSR count). The van der Waals surface area contributed by atoms with Gasteiger partial charge in [0.05, 0.1) is 11.5 Å². The summed E-state index contributed by atoms with van der Waals surface area (Å²) in [5.41, 5.74) is 1.27. The number of anilines is 1. The van der Waals surface area contributed by atoms with Gasteiger partial charge in [-0.15, -0.1) is 11.3 Å². The Morgan fingerprint density at radius 2 is 2.17 bits per heavy atom. The molecule has 0 aromatic carbocycles. The van der Waals surface area contributed by atoms with Crippen LogP contribution in [-0.4, -0.2) is 29.2 Å². The Bertz CT molecular complexity index is 538. The fraction of sp³-hybridized carbons (Fsp3) is 0.538. The number of aryl methyl sites for hydroxylation is 2. The minimum Gasteiger partial charge on any atom is -0.377 e. The first-order chi connectivity index (χ1) is 8.63. The summed E-state index contributed by atoms with van der Waals surface area (Å²) in [7, 11) is 0. The highest BCUT2D eigenvalue weighted by molar-refractivity contribution is 7.18. The predicted molar refractivity (Wildman–Crippen MR) is 76.5 cm³/mol. The smallest absolute Gasteiger partial charge is 0.138 e. The van der Waals surface area contributed by atoms with Crippen molar-refractivity contribution in [1.82, 2.24) is 9.97 Å². The van der Waals surface area contributed by atoms with Crippen LogP contribution in [0.4, 0.5) is 5.82 Å². The van der Waals surface area contributed by atoms with Crippen LogP contribution in [0.15, 0.2) is 6.33 Å². The van der Waals surface area contributed by atoms with Crippen molar-refractivity contribution in [2.24, 2.45) is 0 Å². The van der Waals surface area contributed by atoms with Crippen LogP contribution in [0, 0.1) is 13.8 Å². The molecule has 0 aliphatic rings. The summed E-state index contributed by atoms with van der Waals surface area (Å²) >= 11 is 1.72. The molecule has 0 radical (unpaired) electrons. The molecule has 18 heavy (non-hydrogen) atoms. The monoisotopic (exact) mass is 265 g/mol. The molecule has 0 aliphatic heterocycles. The Labute approximate surface area is 111 Å². The van der Waals surface area contributed by atoms with Gasteiger partial charge >= 0.3 is 0 Å². The van der Waals surface area contributed by atoms with E-state index in [0.717, 1.165) is 29.2 Å². The molecule has 1 atom stereocenters. The van der Waals surface area contributed by atoms with Gasteiger partial charge in [0.1, 0.15) is 17.0 Å². The standard InChI is InChI=1S/C13H19N3OS/c1-5-17-8(2)6-14-12-11-9(3)10(4)18-13(11)16-7-15-12/h7-8H,5-6H2,1-4H3,(H,14,15,16). The van der Waals surface area contributed by atoms with E-state index in [2.05, 4.69) is 36.1 Å². The molecule has 2 aromatic rings. The molecule has 0 amide bonds. The summed E-state index contributed by atoms with van der Waals surface area (Å²) in [6.07, 6.45) is 1.80. The second-order valence-electron chi connectivity index (χ2n) is 4.33. The van der Waals surface area contributed by atoms with Crippen molar-refractivity contribution in [1.29, 1.82) is 0 Å². The van der Waals surface area contributed by atoms with Gasteiger partial charge < -0.3 is 10.1 Å². The van der Waals surface area contributed by atoms with Crippen molar-refractivity contribution in [2.75, 3.05) is 18.5 Å². The van der Waals surface area contributed by atoms with E-state index in [1.165, 1.54) is 10.4 Å². The van der Waals surface area contributed by atoms with Crippen molar-refractivity contribution in [2.45, 2.75) is 33.8 Å². The van der Waals surface area contributed by atoms with E-state index in [1.807, 2.05) is 6.92 Å². The van der Waals surface area contributed by atoms with Crippen molar-refractivity contribution in [3.8, 4) is 0 Å². The number of ether oxygens (including phenoxy) is 1. The highest BCUT2D eigenvalue weighted by Crippen LogP contribution is 2.32. The average molecular weight is 265 g/mol. The van der Waals surface area contributed by atoms with E-state index in [-0.39, 0.29) is 6.10 Å². The maximum Gasteiger partial charge on any atom is 0.138 e. The van der Waals surface area contributed by atoms with Gasteiger partial charge in [-0.2, -0.15) is 0 Å². The summed E-state index contributed by atoms with van der Waals surface area (Å²) < 4.78 is 5.51. The SMILES string of the molecule is CCOC(C)CNc1ncnc2sc(C)c(C)c12. The van der Waals surface area contributed by atoms with Crippen LogP contribution in [0.3, 0.4) is 0 Å². The van der Waals surface area contributed by atoms with E-state index >= 15 is 0 Å². The molecule has 0 bridgehead atoms. The van der Waals surface area contributed by atoms with Gasteiger partial charge in [0.2, 0.25) is 0 Å². The van der Waals surface area contributed by atoms with E-state index in [0.29, 0.717) is 0 Å². The fourth-order valence-corrected chi connectivity index (χ4v) is 2.90. The number of aromatic nitrogens is 2. The van der Waals surface area contributed by atoms with E-state index in [4.69, 9.17) is 4.74 Å². The lowest BCUT2D eigenvalue weighted by molar-refractivity contribution is 0.0855. The topological polar surface area (TPSA) is 47.0 Å². The minimum atomic E-state index is 0.181. The molecule has 0 spiro atoms. The number of hydrogen-bond acceptors (Lipinski definition) is 5. The molecule has 5 heteroatoms. The molecule has 1 N–H and O–H groups in total. The lowest BCUT2D eigenvalue weighted by Crippen LogP contribution is -2.20. The Balaban J connectivity index is 2.23. The van der Waals surface area contributed by atoms with Gasteiger partial charge in [0, 0.05) is 18.0 Å². The first kappa shape index (κ1) is 13.2. The third-order valence-corrected chi connectivity index (χ3v) is 4.09. The van der Waals surface area contributed by atoms with Crippen molar-refractivity contribution in [3.05, 3.63) is 16.8 Å². The van der Waals surface area contributed by atoms with Crippen molar-refractivity contribution in [3.63, 3.8) is 0 Å². The van der Waals surface area contributed by atoms with E-state index in [1.54, 1.807) is 17.7 Å². The maximum atomic E-state index is 5.51. The summed E-state index contributed by atoms with van der Waals surface area (Å²) in [6, 6.07) is 0. The van der Waals surface area contributed by atoms with E-state index < -0.39 is 0 Å². The molecular weight excluding hydrogens is 246 g/mol. The van der Waals surface area contributed by atoms with Crippen LogP contribution in [0.25, 0.3) is 10.2 Å². The van der Waals surface area contributed by atoms with Crippen molar-refractivity contribution < 1.29 is 4.74 Å². The first-order valence-corrected chi connectivity index (χ1v) is 7.01. The molecule has 2 heterocycles. The average Bonchev–Trinajstić information content (AvgIpc) is 2.64. The lowest BCUT2D eigenvalue weighted by atomic mass is 10.2. The number of fused-ring (bicyclic) bond motifs is 1. The fourth-order valence-electron chi connectivity index (χ4n) is 1.90. The Kier molecular flexibility index (Phi) is 4.14. The van der Waals surface area contributed by atoms with Crippen molar-refractivity contribution >= 4 is 27.4 Å². The molecular formula is C13H19N3OS. The quantitative estimate of drug-likeness (QED) is 0.902. The number of thiophene rings is 1. The molecule has 2 aromatic heterocycles. The Morgan fingerprint density at radius 3 is 2.89 bits per heavy atom. The van der Waals surface area contributed by atoms with Crippen LogP contribution >= 0.6 is 11.3 Å². The van der Waals surface area contributed by atoms with Crippen LogP contribution in [0.2, 0.25) is 0 Å². The van der Waals surface area contributed by atoms with Gasteiger partial charge in [0.25, 0.3) is 0 Å². The largest absolute Gasteiger partial charge is 0.377 e. The molecule has 0 saturated heterocycles. The third-order valence-electron chi connectivity index (χ3n) is 2.97. The van der Waals surface area contributed by atoms with Crippen LogP contribution in [0.1, 0.15) is 24.3 Å². The Morgan fingerprint density at radius 1 is 1.39 bits per heavy atom. The molecule has 4 nitrogen and oxygen atoms in total. The number of nitrogens with zero attached hydrogens (tertiary/aromatic N) is 2. The molecule has 98 valence electrons. The van der Waals surface area contributed by atoms with Crippen LogP contribution < -0.4 is 5.32 Å². The summed E-state index contributed by atoms with van der Waals surface area (Å²) in [5.74, 6) is 0.911. The summed E-state index contributed by atoms with van der Waals surface area (Å²) in [5, 5.41) is 4.50. The van der Waals surface area contributed by atoms with Gasteiger partial charge in [-0.05, 0) is 33.3 Å². The lowest BCUT2D eigenvalue weighted by Gasteiger charge is -2.13. The van der Waals surface area contributed by atoms with E-state index in [9.17, 15) is 0 Å². The molecule has 1 unspecified atom stereocenters. The van der Waals surface area contributed by atoms with Gasteiger partial charge in [-0.1, -0.05) is 0 Å². The zero-order valence-electron chi connectivity index (χ0n) is 11.3. The maximum absolute atomic E-state index is 5.51. The van der Waals surface area contributed by atoms with Gasteiger partial charge in [-0.25, -0.2) is 9.97 Å². The second kappa shape index (κ2) is 5.63. The normalized spacial score (nSPS) is 12.9. The van der Waals surface area contributed by atoms with Gasteiger partial charge in [0.15, 0.2) is 0 Å². The second-order valence-corrected chi connectivity index (χ2v) is 5.54. The zero-order valence-corrected chi connectivity index (χ0v) is 12.1. The minimum absolute atomic E-state index is 0.181. The zero-order chi connectivity index (χ0) is 13.1. The first-order valence-electron chi connectivity index (χ1n) is 6.19. The number of rotatable bonds is 5. The third kappa shape index (κ3) is 2.62. The summed E-state index contributed by atoms with van der Waals surface area (Å²) in [6.45, 7) is 9.79. The number of hydrogen-bond donors (Lipinski definition) is 1. The highest BCUT2D eigenvalue weighted by atomic mass is 32.1. The summed E-state index contributed by atoms with van der Waals surface area (Å²) in [4.78, 5) is 11.0. The molecule has 0 fully saturated rings. The number of nitrogens with one attached hydrogen (secondary N) is 1. The molecule has 0 aliphatic carbocycles. The molecule has 0 saturated carbocycles. The Hall–Kier alpha value is -1.20. The predicted octanol–water partition coefficient (Wildman–Crippen LogP) is 3.15.